The summed E-state index contributed by atoms with van der Waals surface area (Å²) < 4.78 is 0. The molecule has 0 saturated heterocycles. The molecule has 0 atom stereocenters. The molecule has 0 saturated carbocycles. The Balaban J connectivity index is 0. The van der Waals surface area contributed by atoms with E-state index in [4.69, 9.17) is 0 Å². The number of hydrogen-bond acceptors (Lipinski definition) is 0. The van der Waals surface area contributed by atoms with E-state index in [0.29, 0.717) is 0 Å². The van der Waals surface area contributed by atoms with Crippen molar-refractivity contribution in [3.63, 3.8) is 0 Å². The van der Waals surface area contributed by atoms with Gasteiger partial charge in [-0.2, -0.15) is 0 Å². The lowest BCUT2D eigenvalue weighted by molar-refractivity contribution is 0.595. The van der Waals surface area contributed by atoms with E-state index < -0.39 is 0 Å². The van der Waals surface area contributed by atoms with E-state index in [2.05, 4.69) is 58.5 Å². The predicted molar refractivity (Wildman–Crippen MR) is 86.2 cm³/mol. The van der Waals surface area contributed by atoms with Crippen molar-refractivity contribution in [2.45, 2.75) is 60.8 Å². The fourth-order valence-corrected chi connectivity index (χ4v) is 1.38. The Morgan fingerprint density at radius 1 is 1.22 bits per heavy atom. The van der Waals surface area contributed by atoms with Crippen LogP contribution in [0.4, 0.5) is 0 Å². The van der Waals surface area contributed by atoms with Gasteiger partial charge in [0.15, 0.2) is 0 Å². The van der Waals surface area contributed by atoms with Gasteiger partial charge in [0.05, 0.1) is 0 Å². The summed E-state index contributed by atoms with van der Waals surface area (Å²) in [4.78, 5) is 0. The van der Waals surface area contributed by atoms with Gasteiger partial charge in [-0.3, -0.25) is 0 Å². The zero-order chi connectivity index (χ0) is 14.4. The summed E-state index contributed by atoms with van der Waals surface area (Å²) in [6, 6.07) is 8.61. The number of aryl methyl sites for hydroxylation is 2. The minimum absolute atomic E-state index is 0.831. The van der Waals surface area contributed by atoms with Gasteiger partial charge in [0, 0.05) is 0 Å². The number of benzene rings is 1. The van der Waals surface area contributed by atoms with Gasteiger partial charge >= 0.3 is 0 Å². The predicted octanol–water partition coefficient (Wildman–Crippen LogP) is 6.19. The van der Waals surface area contributed by atoms with Crippen molar-refractivity contribution in [3.05, 3.63) is 48.0 Å². The third-order valence-electron chi connectivity index (χ3n) is 2.44. The normalized spacial score (nSPS) is 8.83. The molecule has 0 heteroatoms. The second kappa shape index (κ2) is 14.0. The fourth-order valence-electron chi connectivity index (χ4n) is 1.38. The van der Waals surface area contributed by atoms with Crippen molar-refractivity contribution in [2.75, 3.05) is 0 Å². The van der Waals surface area contributed by atoms with E-state index in [9.17, 15) is 0 Å². The first-order valence-electron chi connectivity index (χ1n) is 7.26. The molecule has 18 heavy (non-hydrogen) atoms. The van der Waals surface area contributed by atoms with E-state index in [-0.39, 0.29) is 0 Å². The molecule has 1 aromatic rings. The van der Waals surface area contributed by atoms with E-state index in [1.807, 2.05) is 19.9 Å². The van der Waals surface area contributed by atoms with E-state index >= 15 is 0 Å². The van der Waals surface area contributed by atoms with Crippen molar-refractivity contribution in [1.29, 1.82) is 0 Å². The van der Waals surface area contributed by atoms with Gasteiger partial charge in [-0.15, -0.1) is 6.58 Å². The lowest BCUT2D eigenvalue weighted by Crippen LogP contribution is -1.82. The van der Waals surface area contributed by atoms with Crippen LogP contribution in [0.15, 0.2) is 36.9 Å². The third-order valence-corrected chi connectivity index (χ3v) is 2.44. The molecule has 0 N–H and O–H groups in total. The van der Waals surface area contributed by atoms with Crippen LogP contribution in [0.2, 0.25) is 0 Å². The Hall–Kier alpha value is -1.04. The molecule has 0 heterocycles. The molecule has 0 aliphatic carbocycles. The maximum Gasteiger partial charge on any atom is -0.0307 e. The lowest BCUT2D eigenvalue weighted by atomic mass is 10.1. The summed E-state index contributed by atoms with van der Waals surface area (Å²) >= 11 is 0. The summed E-state index contributed by atoms with van der Waals surface area (Å²) in [5, 5.41) is 0. The van der Waals surface area contributed by atoms with Gasteiger partial charge < -0.3 is 0 Å². The molecular weight excluding hydrogens is 216 g/mol. The Kier molecular flexibility index (Phi) is 15.0. The van der Waals surface area contributed by atoms with Crippen LogP contribution in [-0.2, 0) is 6.42 Å². The molecule has 0 aromatic heterocycles. The smallest absolute Gasteiger partial charge is 0.0307 e. The van der Waals surface area contributed by atoms with Gasteiger partial charge in [0.2, 0.25) is 0 Å². The standard InChI is InChI=1S/C9H12.C7H14.C2H6/c1-3-9-6-4-5-8(2)7-9;1-4-5-6-7(2)3;1-2/h4-7H,3H2,1-2H3;4,7H,1,5-6H2,2-3H3;1-2H3. The van der Waals surface area contributed by atoms with E-state index in [1.165, 1.54) is 17.5 Å². The first-order chi connectivity index (χ1) is 8.60. The van der Waals surface area contributed by atoms with Crippen LogP contribution >= 0.6 is 0 Å². The average molecular weight is 248 g/mol. The van der Waals surface area contributed by atoms with Crippen molar-refractivity contribution < 1.29 is 0 Å². The topological polar surface area (TPSA) is 0 Å². The van der Waals surface area contributed by atoms with E-state index in [0.717, 1.165) is 18.8 Å². The molecule has 0 spiro atoms. The summed E-state index contributed by atoms with van der Waals surface area (Å²) in [6.07, 6.45) is 5.56. The molecule has 0 aliphatic rings. The van der Waals surface area contributed by atoms with Crippen LogP contribution in [0.5, 0.6) is 0 Å². The Bertz CT molecular complexity index is 284. The maximum absolute atomic E-state index is 3.63. The van der Waals surface area contributed by atoms with Gasteiger partial charge in [0.25, 0.3) is 0 Å². The number of hydrogen-bond donors (Lipinski definition) is 0. The summed E-state index contributed by atoms with van der Waals surface area (Å²) in [6.45, 7) is 16.4. The molecule has 1 rings (SSSR count). The average Bonchev–Trinajstić information content (AvgIpc) is 2.39. The molecule has 0 unspecified atom stereocenters. The first-order valence-corrected chi connectivity index (χ1v) is 7.26. The van der Waals surface area contributed by atoms with Crippen LogP contribution in [0, 0.1) is 12.8 Å². The van der Waals surface area contributed by atoms with Crippen molar-refractivity contribution in [1.82, 2.24) is 0 Å². The zero-order valence-electron chi connectivity index (χ0n) is 13.3. The van der Waals surface area contributed by atoms with Crippen molar-refractivity contribution >= 4 is 0 Å². The molecule has 0 aliphatic heterocycles. The monoisotopic (exact) mass is 248 g/mol. The summed E-state index contributed by atoms with van der Waals surface area (Å²) in [5.74, 6) is 0.831. The van der Waals surface area contributed by atoms with Gasteiger partial charge in [-0.25, -0.2) is 0 Å². The highest BCUT2D eigenvalue weighted by molar-refractivity contribution is 5.21. The Labute approximate surface area is 115 Å². The van der Waals surface area contributed by atoms with E-state index in [1.54, 1.807) is 0 Å². The molecule has 0 radical (unpaired) electrons. The first kappa shape index (κ1) is 19.3. The molecule has 104 valence electrons. The van der Waals surface area contributed by atoms with Gasteiger partial charge in [-0.05, 0) is 37.7 Å². The third kappa shape index (κ3) is 13.0. The van der Waals surface area contributed by atoms with Crippen LogP contribution in [0.1, 0.15) is 58.6 Å². The Morgan fingerprint density at radius 3 is 2.11 bits per heavy atom. The highest BCUT2D eigenvalue weighted by Crippen LogP contribution is 2.03. The minimum Gasteiger partial charge on any atom is -0.103 e. The quantitative estimate of drug-likeness (QED) is 0.557. The minimum atomic E-state index is 0.831. The van der Waals surface area contributed by atoms with Crippen LogP contribution < -0.4 is 0 Å². The Morgan fingerprint density at radius 2 is 1.83 bits per heavy atom. The number of allylic oxidation sites excluding steroid dienone is 1. The molecule has 0 amide bonds. The molecule has 0 bridgehead atoms. The van der Waals surface area contributed by atoms with Crippen LogP contribution in [0.25, 0.3) is 0 Å². The van der Waals surface area contributed by atoms with Crippen molar-refractivity contribution in [3.8, 4) is 0 Å². The fraction of sp³-hybridized carbons (Fsp3) is 0.556. The second-order valence-corrected chi connectivity index (χ2v) is 4.60. The molecular formula is C18H32. The maximum atomic E-state index is 3.63. The van der Waals surface area contributed by atoms with Crippen molar-refractivity contribution in [2.24, 2.45) is 5.92 Å². The zero-order valence-corrected chi connectivity index (χ0v) is 13.3. The molecule has 1 aromatic carbocycles. The highest BCUT2D eigenvalue weighted by atomic mass is 13.9. The van der Waals surface area contributed by atoms with Crippen LogP contribution in [0.3, 0.4) is 0 Å². The molecule has 0 fully saturated rings. The lowest BCUT2D eigenvalue weighted by Gasteiger charge is -1.96. The number of rotatable bonds is 4. The SMILES string of the molecule is C=CCCC(C)C.CC.CCc1cccc(C)c1. The largest absolute Gasteiger partial charge is 0.103 e. The summed E-state index contributed by atoms with van der Waals surface area (Å²) in [7, 11) is 0. The van der Waals surface area contributed by atoms with Gasteiger partial charge in [-0.1, -0.05) is 70.5 Å². The highest BCUT2D eigenvalue weighted by Gasteiger charge is 1.87. The summed E-state index contributed by atoms with van der Waals surface area (Å²) in [5.41, 5.74) is 2.78. The van der Waals surface area contributed by atoms with Crippen LogP contribution in [-0.4, -0.2) is 0 Å². The molecule has 0 nitrogen and oxygen atoms in total. The second-order valence-electron chi connectivity index (χ2n) is 4.60. The van der Waals surface area contributed by atoms with Gasteiger partial charge in [0.1, 0.15) is 0 Å².